The second-order valence-electron chi connectivity index (χ2n) is 10.4. The zero-order valence-corrected chi connectivity index (χ0v) is 21.8. The van der Waals surface area contributed by atoms with Gasteiger partial charge in [-0.25, -0.2) is 9.48 Å². The van der Waals surface area contributed by atoms with E-state index in [2.05, 4.69) is 16.1 Å². The maximum Gasteiger partial charge on any atom is 0.490 e. The molecule has 1 N–H and O–H groups in total. The summed E-state index contributed by atoms with van der Waals surface area (Å²) in [7, 11) is 1.67. The van der Waals surface area contributed by atoms with Gasteiger partial charge in [-0.1, -0.05) is 31.4 Å². The number of aliphatic carboxylic acids is 1. The summed E-state index contributed by atoms with van der Waals surface area (Å²) in [4.78, 5) is 37.0. The van der Waals surface area contributed by atoms with Gasteiger partial charge in [0.15, 0.2) is 5.82 Å². The fraction of sp³-hybridized carbons (Fsp3) is 0.615. The molecule has 1 aromatic carbocycles. The summed E-state index contributed by atoms with van der Waals surface area (Å²) in [6, 6.07) is 8.08. The lowest BCUT2D eigenvalue weighted by atomic mass is 9.89. The molecule has 1 saturated carbocycles. The standard InChI is InChI=1S/C24H32N4O4.C2HF3O2/c1-31-20-9-5-8-19(12-20)13-26-11-10-24(16-26)17-27-21(15-32-24)25-28(23(30)22(27)29)14-18-6-3-2-4-7-18;3-2(4,5)1(6)7/h5,8-9,12,18H,2-4,6-7,10-11,13-17H2,1H3;(H,6,7). The Morgan fingerprint density at radius 1 is 1.18 bits per heavy atom. The Morgan fingerprint density at radius 3 is 2.56 bits per heavy atom. The second-order valence-corrected chi connectivity index (χ2v) is 10.4. The molecule has 2 fully saturated rings. The molecule has 2 aliphatic heterocycles. The number of rotatable bonds is 5. The van der Waals surface area contributed by atoms with Crippen LogP contribution in [0.15, 0.2) is 33.9 Å². The highest BCUT2D eigenvalue weighted by Gasteiger charge is 2.43. The topological polar surface area (TPSA) is 116 Å². The lowest BCUT2D eigenvalue weighted by Gasteiger charge is -2.35. The van der Waals surface area contributed by atoms with E-state index in [0.717, 1.165) is 44.6 Å². The average Bonchev–Trinajstić information content (AvgIpc) is 3.29. The van der Waals surface area contributed by atoms with Crippen LogP contribution in [0.4, 0.5) is 13.2 Å². The summed E-state index contributed by atoms with van der Waals surface area (Å²) >= 11 is 0. The van der Waals surface area contributed by atoms with Gasteiger partial charge in [0.05, 0.1) is 13.7 Å². The van der Waals surface area contributed by atoms with Crippen molar-refractivity contribution in [1.29, 1.82) is 0 Å². The Bertz CT molecular complexity index is 1290. The van der Waals surface area contributed by atoms with E-state index in [9.17, 15) is 22.8 Å². The number of nitrogens with zero attached hydrogens (tertiary/aromatic N) is 4. The van der Waals surface area contributed by atoms with Crippen LogP contribution in [-0.4, -0.2) is 62.3 Å². The zero-order valence-electron chi connectivity index (χ0n) is 21.8. The minimum Gasteiger partial charge on any atom is -0.497 e. The van der Waals surface area contributed by atoms with Crippen LogP contribution in [0.2, 0.25) is 0 Å². The van der Waals surface area contributed by atoms with Gasteiger partial charge in [0.2, 0.25) is 0 Å². The number of ether oxygens (including phenoxy) is 2. The highest BCUT2D eigenvalue weighted by molar-refractivity contribution is 5.73. The van der Waals surface area contributed by atoms with Crippen molar-refractivity contribution in [2.24, 2.45) is 5.92 Å². The number of carbonyl (C=O) groups is 1. The first-order valence-corrected chi connectivity index (χ1v) is 13.0. The van der Waals surface area contributed by atoms with Crippen molar-refractivity contribution >= 4 is 5.97 Å². The third-order valence-electron chi connectivity index (χ3n) is 7.50. The van der Waals surface area contributed by atoms with Crippen molar-refractivity contribution in [2.75, 3.05) is 20.2 Å². The number of likely N-dealkylation sites (tertiary alicyclic amines) is 1. The first-order chi connectivity index (χ1) is 18.5. The first-order valence-electron chi connectivity index (χ1n) is 13.0. The van der Waals surface area contributed by atoms with Crippen LogP contribution in [-0.2, 0) is 35.8 Å². The fourth-order valence-electron chi connectivity index (χ4n) is 5.48. The summed E-state index contributed by atoms with van der Waals surface area (Å²) < 4.78 is 46.3. The minimum absolute atomic E-state index is 0.271. The van der Waals surface area contributed by atoms with Crippen molar-refractivity contribution in [3.05, 3.63) is 56.4 Å². The molecule has 39 heavy (non-hydrogen) atoms. The number of carboxylic acids is 1. The quantitative estimate of drug-likeness (QED) is 0.561. The van der Waals surface area contributed by atoms with Gasteiger partial charge in [0.1, 0.15) is 18.0 Å². The highest BCUT2D eigenvalue weighted by atomic mass is 19.4. The number of benzene rings is 1. The second kappa shape index (κ2) is 11.9. The summed E-state index contributed by atoms with van der Waals surface area (Å²) in [5.41, 5.74) is -0.219. The van der Waals surface area contributed by atoms with E-state index in [-0.39, 0.29) is 6.61 Å². The van der Waals surface area contributed by atoms with Crippen LogP contribution in [0, 0.1) is 5.92 Å². The molecule has 13 heteroatoms. The number of hydrogen-bond donors (Lipinski definition) is 1. The monoisotopic (exact) mass is 554 g/mol. The molecule has 0 amide bonds. The van der Waals surface area contributed by atoms with Gasteiger partial charge in [-0.05, 0) is 42.9 Å². The molecule has 1 unspecified atom stereocenters. The van der Waals surface area contributed by atoms with Crippen molar-refractivity contribution in [1.82, 2.24) is 19.2 Å². The largest absolute Gasteiger partial charge is 0.497 e. The lowest BCUT2D eigenvalue weighted by molar-refractivity contribution is -0.192. The Kier molecular flexibility index (Phi) is 8.80. The number of aromatic nitrogens is 3. The predicted octanol–water partition coefficient (Wildman–Crippen LogP) is 2.80. The molecule has 1 aliphatic carbocycles. The summed E-state index contributed by atoms with van der Waals surface area (Å²) in [5.74, 6) is -0.900. The Hall–Kier alpha value is -3.19. The van der Waals surface area contributed by atoms with Gasteiger partial charge in [0.25, 0.3) is 0 Å². The number of carboxylic acid groups (broad SMARTS) is 1. The smallest absolute Gasteiger partial charge is 0.490 e. The summed E-state index contributed by atoms with van der Waals surface area (Å²) in [6.45, 7) is 3.61. The van der Waals surface area contributed by atoms with Crippen molar-refractivity contribution in [3.63, 3.8) is 0 Å². The Balaban J connectivity index is 0.000000448. The molecule has 10 nitrogen and oxygen atoms in total. The minimum atomic E-state index is -5.08. The summed E-state index contributed by atoms with van der Waals surface area (Å²) in [6.07, 6.45) is 1.61. The molecule has 2 aromatic rings. The molecule has 3 aliphatic rings. The van der Waals surface area contributed by atoms with E-state index in [1.807, 2.05) is 18.2 Å². The molecule has 214 valence electrons. The number of hydrogen-bond acceptors (Lipinski definition) is 7. The van der Waals surface area contributed by atoms with Crippen molar-refractivity contribution in [2.45, 2.75) is 76.5 Å². The molecule has 1 atom stereocenters. The number of methoxy groups -OCH3 is 1. The highest BCUT2D eigenvalue weighted by Crippen LogP contribution is 2.32. The molecule has 1 saturated heterocycles. The molecule has 1 aromatic heterocycles. The van der Waals surface area contributed by atoms with Crippen molar-refractivity contribution < 1.29 is 32.5 Å². The average molecular weight is 555 g/mol. The SMILES string of the molecule is COc1cccc(CN2CCC3(C2)Cn2c(nn(CC4CCCCC4)c(=O)c2=O)CO3)c1.O=C(O)C(F)(F)F. The van der Waals surface area contributed by atoms with Crippen LogP contribution in [0.5, 0.6) is 5.75 Å². The third-order valence-corrected chi connectivity index (χ3v) is 7.50. The van der Waals surface area contributed by atoms with Crippen LogP contribution < -0.4 is 15.9 Å². The maximum absolute atomic E-state index is 13.0. The molecular formula is C26H33F3N4O6. The van der Waals surface area contributed by atoms with E-state index in [1.54, 1.807) is 11.7 Å². The van der Waals surface area contributed by atoms with Gasteiger partial charge < -0.3 is 14.6 Å². The van der Waals surface area contributed by atoms with E-state index in [1.165, 1.54) is 29.5 Å². The van der Waals surface area contributed by atoms with Gasteiger partial charge in [-0.2, -0.15) is 18.3 Å². The number of halogens is 3. The van der Waals surface area contributed by atoms with Crippen LogP contribution in [0.1, 0.15) is 49.9 Å². The van der Waals surface area contributed by atoms with Gasteiger partial charge in [-0.15, -0.1) is 0 Å². The zero-order chi connectivity index (χ0) is 28.2. The van der Waals surface area contributed by atoms with E-state index in [4.69, 9.17) is 19.4 Å². The maximum atomic E-state index is 13.0. The van der Waals surface area contributed by atoms with Crippen molar-refractivity contribution in [3.8, 4) is 5.75 Å². The van der Waals surface area contributed by atoms with E-state index in [0.29, 0.717) is 24.8 Å². The molecule has 0 bridgehead atoms. The molecular weight excluding hydrogens is 521 g/mol. The van der Waals surface area contributed by atoms with Crippen LogP contribution in [0.3, 0.4) is 0 Å². The van der Waals surface area contributed by atoms with Gasteiger partial charge >= 0.3 is 23.3 Å². The molecule has 1 spiro atoms. The molecule has 0 radical (unpaired) electrons. The number of fused-ring (bicyclic) bond motifs is 1. The normalized spacial score (nSPS) is 21.7. The first kappa shape index (κ1) is 28.8. The predicted molar refractivity (Wildman–Crippen MR) is 133 cm³/mol. The van der Waals surface area contributed by atoms with Crippen LogP contribution >= 0.6 is 0 Å². The van der Waals surface area contributed by atoms with Gasteiger partial charge in [-0.3, -0.25) is 19.1 Å². The number of alkyl halides is 3. The van der Waals surface area contributed by atoms with Crippen LogP contribution in [0.25, 0.3) is 0 Å². The lowest BCUT2D eigenvalue weighted by Crippen LogP contribution is -2.53. The fourth-order valence-corrected chi connectivity index (χ4v) is 5.48. The third kappa shape index (κ3) is 7.07. The van der Waals surface area contributed by atoms with E-state index < -0.39 is 28.9 Å². The summed E-state index contributed by atoms with van der Waals surface area (Å²) in [5, 5.41) is 11.7. The Labute approximate surface area is 222 Å². The Morgan fingerprint density at radius 2 is 1.90 bits per heavy atom. The molecule has 5 rings (SSSR count). The molecule has 3 heterocycles. The van der Waals surface area contributed by atoms with E-state index >= 15 is 0 Å². The van der Waals surface area contributed by atoms with Gasteiger partial charge in [0, 0.05) is 26.2 Å².